The molecule has 0 atom stereocenters. The molecule has 1 amide bonds. The molecule has 7 nitrogen and oxygen atoms in total. The summed E-state index contributed by atoms with van der Waals surface area (Å²) in [7, 11) is 4.14. The van der Waals surface area contributed by atoms with Crippen LogP contribution in [0.25, 0.3) is 11.0 Å². The first-order chi connectivity index (χ1) is 13.0. The molecule has 1 aliphatic heterocycles. The number of nitrogens with zero attached hydrogens (tertiary/aromatic N) is 5. The summed E-state index contributed by atoms with van der Waals surface area (Å²) in [6, 6.07) is 5.70. The van der Waals surface area contributed by atoms with Crippen LogP contribution in [0.4, 0.5) is 5.95 Å². The first-order valence-corrected chi connectivity index (χ1v) is 9.92. The number of fused-ring (bicyclic) bond motifs is 1. The van der Waals surface area contributed by atoms with E-state index in [4.69, 9.17) is 10.7 Å². The van der Waals surface area contributed by atoms with E-state index < -0.39 is 5.91 Å². The maximum Gasteiger partial charge on any atom is 0.250 e. The maximum atomic E-state index is 11.9. The first-order valence-electron chi connectivity index (χ1n) is 9.92. The highest BCUT2D eigenvalue weighted by Gasteiger charge is 2.22. The van der Waals surface area contributed by atoms with Crippen LogP contribution < -0.4 is 10.6 Å². The highest BCUT2D eigenvalue weighted by atomic mass is 16.1. The van der Waals surface area contributed by atoms with Crippen molar-refractivity contribution in [1.82, 2.24) is 19.4 Å². The minimum Gasteiger partial charge on any atom is -0.366 e. The van der Waals surface area contributed by atoms with E-state index in [9.17, 15) is 4.79 Å². The van der Waals surface area contributed by atoms with Crippen LogP contribution in [0.5, 0.6) is 0 Å². The van der Waals surface area contributed by atoms with Gasteiger partial charge in [-0.25, -0.2) is 4.98 Å². The van der Waals surface area contributed by atoms with Gasteiger partial charge < -0.3 is 25.0 Å². The topological polar surface area (TPSA) is 70.6 Å². The lowest BCUT2D eigenvalue weighted by atomic mass is 10.2. The third kappa shape index (κ3) is 4.42. The van der Waals surface area contributed by atoms with Gasteiger partial charge in [0.15, 0.2) is 0 Å². The number of rotatable bonds is 7. The van der Waals surface area contributed by atoms with Gasteiger partial charge in [0.1, 0.15) is 5.52 Å². The Bertz CT molecular complexity index is 784. The largest absolute Gasteiger partial charge is 0.366 e. The number of nitrogens with two attached hydrogens (primary N) is 1. The molecule has 2 N–H and O–H groups in total. The summed E-state index contributed by atoms with van der Waals surface area (Å²) in [5.41, 5.74) is 7.80. The molecule has 1 saturated heterocycles. The number of carbonyl (C=O) groups is 1. The van der Waals surface area contributed by atoms with Crippen molar-refractivity contribution in [2.24, 2.45) is 5.73 Å². The van der Waals surface area contributed by atoms with Gasteiger partial charge in [-0.1, -0.05) is 13.0 Å². The Labute approximate surface area is 161 Å². The zero-order chi connectivity index (χ0) is 19.4. The van der Waals surface area contributed by atoms with Gasteiger partial charge in [0, 0.05) is 32.7 Å². The molecule has 0 spiro atoms. The SMILES string of the molecule is CCCN1CCCN(c2nc3c(C(N)=O)cccc3n2CCN(C)C)CC1. The highest BCUT2D eigenvalue weighted by molar-refractivity contribution is 6.04. The van der Waals surface area contributed by atoms with Crippen molar-refractivity contribution in [2.45, 2.75) is 26.3 Å². The van der Waals surface area contributed by atoms with Gasteiger partial charge in [-0.2, -0.15) is 0 Å². The van der Waals surface area contributed by atoms with Gasteiger partial charge >= 0.3 is 0 Å². The summed E-state index contributed by atoms with van der Waals surface area (Å²) in [5.74, 6) is 0.535. The molecule has 1 aromatic carbocycles. The average molecular weight is 373 g/mol. The second-order valence-corrected chi connectivity index (χ2v) is 7.59. The number of benzene rings is 1. The quantitative estimate of drug-likeness (QED) is 0.800. The molecule has 0 saturated carbocycles. The highest BCUT2D eigenvalue weighted by Crippen LogP contribution is 2.26. The molecule has 27 heavy (non-hydrogen) atoms. The van der Waals surface area contributed by atoms with Crippen LogP contribution in [0.15, 0.2) is 18.2 Å². The molecule has 148 valence electrons. The van der Waals surface area contributed by atoms with Crippen LogP contribution in [0, 0.1) is 0 Å². The Morgan fingerprint density at radius 3 is 2.70 bits per heavy atom. The molecule has 1 aromatic heterocycles. The average Bonchev–Trinajstić information content (AvgIpc) is 2.84. The molecule has 3 rings (SSSR count). The van der Waals surface area contributed by atoms with Gasteiger partial charge in [-0.05, 0) is 52.2 Å². The standard InChI is InChI=1S/C20H32N6O/c1-4-9-24-10-6-11-25(14-13-24)20-22-18-16(19(21)27)7-5-8-17(18)26(20)15-12-23(2)3/h5,7-8H,4,6,9-15H2,1-3H3,(H2,21,27). The Morgan fingerprint density at radius 2 is 2.00 bits per heavy atom. The van der Waals surface area contributed by atoms with Gasteiger partial charge in [-0.15, -0.1) is 0 Å². The fourth-order valence-corrected chi connectivity index (χ4v) is 3.81. The van der Waals surface area contributed by atoms with E-state index in [-0.39, 0.29) is 0 Å². The third-order valence-corrected chi connectivity index (χ3v) is 5.21. The monoisotopic (exact) mass is 372 g/mol. The number of amides is 1. The van der Waals surface area contributed by atoms with Crippen LogP contribution in [0.2, 0.25) is 0 Å². The van der Waals surface area contributed by atoms with Crippen LogP contribution in [0.3, 0.4) is 0 Å². The zero-order valence-corrected chi connectivity index (χ0v) is 16.8. The Balaban J connectivity index is 1.98. The number of imidazole rings is 1. The van der Waals surface area contributed by atoms with Crippen LogP contribution >= 0.6 is 0 Å². The number of para-hydroxylation sites is 1. The number of carbonyl (C=O) groups excluding carboxylic acids is 1. The van der Waals surface area contributed by atoms with Crippen LogP contribution in [-0.2, 0) is 6.54 Å². The lowest BCUT2D eigenvalue weighted by Crippen LogP contribution is -2.33. The molecule has 7 heteroatoms. The van der Waals surface area contributed by atoms with Crippen LogP contribution in [-0.4, -0.2) is 78.6 Å². The van der Waals surface area contributed by atoms with Crippen LogP contribution in [0.1, 0.15) is 30.1 Å². The molecule has 1 aliphatic rings. The molecule has 2 aromatic rings. The van der Waals surface area contributed by atoms with Gasteiger partial charge in [0.05, 0.1) is 11.1 Å². The summed E-state index contributed by atoms with van der Waals surface area (Å²) in [5, 5.41) is 0. The summed E-state index contributed by atoms with van der Waals surface area (Å²) >= 11 is 0. The minimum absolute atomic E-state index is 0.422. The fourth-order valence-electron chi connectivity index (χ4n) is 3.81. The second kappa shape index (κ2) is 8.71. The summed E-state index contributed by atoms with van der Waals surface area (Å²) in [6.45, 7) is 9.24. The predicted octanol–water partition coefficient (Wildman–Crippen LogP) is 1.62. The van der Waals surface area contributed by atoms with Crippen molar-refractivity contribution in [1.29, 1.82) is 0 Å². The normalized spacial score (nSPS) is 16.2. The van der Waals surface area contributed by atoms with Gasteiger partial charge in [0.25, 0.3) is 5.91 Å². The maximum absolute atomic E-state index is 11.9. The first kappa shape index (κ1) is 19.6. The molecule has 0 bridgehead atoms. The van der Waals surface area contributed by atoms with E-state index in [0.717, 1.165) is 63.7 Å². The Kier molecular flexibility index (Phi) is 6.34. The lowest BCUT2D eigenvalue weighted by molar-refractivity contribution is 0.100. The predicted molar refractivity (Wildman–Crippen MR) is 110 cm³/mol. The van der Waals surface area contributed by atoms with Crippen molar-refractivity contribution in [3.8, 4) is 0 Å². The number of anilines is 1. The van der Waals surface area contributed by atoms with E-state index in [1.165, 1.54) is 6.42 Å². The smallest absolute Gasteiger partial charge is 0.250 e. The summed E-state index contributed by atoms with van der Waals surface area (Å²) in [4.78, 5) is 23.9. The number of likely N-dealkylation sites (N-methyl/N-ethyl adjacent to an activating group) is 1. The molecular formula is C20H32N6O. The van der Waals surface area contributed by atoms with E-state index in [1.807, 2.05) is 12.1 Å². The fraction of sp³-hybridized carbons (Fsp3) is 0.600. The number of aromatic nitrogens is 2. The number of primary amides is 1. The van der Waals surface area contributed by atoms with Crippen molar-refractivity contribution >= 4 is 22.9 Å². The Morgan fingerprint density at radius 1 is 1.19 bits per heavy atom. The zero-order valence-electron chi connectivity index (χ0n) is 16.8. The van der Waals surface area contributed by atoms with Crippen molar-refractivity contribution in [3.63, 3.8) is 0 Å². The van der Waals surface area contributed by atoms with Gasteiger partial charge in [-0.3, -0.25) is 4.79 Å². The molecule has 0 unspecified atom stereocenters. The van der Waals surface area contributed by atoms with E-state index in [0.29, 0.717) is 11.1 Å². The second-order valence-electron chi connectivity index (χ2n) is 7.59. The van der Waals surface area contributed by atoms with Gasteiger partial charge in [0.2, 0.25) is 5.95 Å². The third-order valence-electron chi connectivity index (χ3n) is 5.21. The van der Waals surface area contributed by atoms with E-state index in [2.05, 4.69) is 40.3 Å². The lowest BCUT2D eigenvalue weighted by Gasteiger charge is -2.24. The minimum atomic E-state index is -0.422. The molecule has 2 heterocycles. The van der Waals surface area contributed by atoms with Crippen molar-refractivity contribution < 1.29 is 4.79 Å². The Hall–Kier alpha value is -2.12. The molecule has 0 aliphatic carbocycles. The van der Waals surface area contributed by atoms with E-state index >= 15 is 0 Å². The van der Waals surface area contributed by atoms with E-state index in [1.54, 1.807) is 6.07 Å². The molecular weight excluding hydrogens is 340 g/mol. The number of hydrogen-bond acceptors (Lipinski definition) is 5. The number of hydrogen-bond donors (Lipinski definition) is 1. The molecule has 0 radical (unpaired) electrons. The summed E-state index contributed by atoms with van der Waals surface area (Å²) in [6.07, 6.45) is 2.31. The summed E-state index contributed by atoms with van der Waals surface area (Å²) < 4.78 is 2.25. The molecule has 1 fully saturated rings. The van der Waals surface area contributed by atoms with Crippen molar-refractivity contribution in [3.05, 3.63) is 23.8 Å². The van der Waals surface area contributed by atoms with Crippen molar-refractivity contribution in [2.75, 3.05) is 58.3 Å².